The molecule has 6 heteroatoms. The molecule has 0 aliphatic rings. The van der Waals surface area contributed by atoms with Crippen LogP contribution in [0.2, 0.25) is 5.02 Å². The standard InChI is InChI=1S/C24H23ClN2O3/c1-28-18-11-13-19(14-12-18)29-16-6-15-27-22-9-4-3-8-21(22)26-24(27)17-30-23-10-5-2-7-20(23)25/h2-5,7-14H,6,15-17H2,1H3. The van der Waals surface area contributed by atoms with Crippen LogP contribution in [0.5, 0.6) is 17.2 Å². The number of imidazole rings is 1. The number of fused-ring (bicyclic) bond motifs is 1. The first-order chi connectivity index (χ1) is 14.7. The number of ether oxygens (including phenoxy) is 3. The minimum Gasteiger partial charge on any atom is -0.497 e. The van der Waals surface area contributed by atoms with Crippen LogP contribution < -0.4 is 14.2 Å². The van der Waals surface area contributed by atoms with Gasteiger partial charge in [0.25, 0.3) is 0 Å². The number of halogens is 1. The second-order valence-electron chi connectivity index (χ2n) is 6.77. The van der Waals surface area contributed by atoms with Crippen molar-refractivity contribution in [3.8, 4) is 17.2 Å². The number of para-hydroxylation sites is 3. The van der Waals surface area contributed by atoms with Crippen molar-refractivity contribution in [3.63, 3.8) is 0 Å². The van der Waals surface area contributed by atoms with Gasteiger partial charge in [0.05, 0.1) is 29.8 Å². The number of hydrogen-bond acceptors (Lipinski definition) is 4. The number of aromatic nitrogens is 2. The average Bonchev–Trinajstić information content (AvgIpc) is 3.14. The van der Waals surface area contributed by atoms with Crippen molar-refractivity contribution in [2.75, 3.05) is 13.7 Å². The van der Waals surface area contributed by atoms with E-state index in [4.69, 9.17) is 30.8 Å². The van der Waals surface area contributed by atoms with Crippen LogP contribution in [0.3, 0.4) is 0 Å². The van der Waals surface area contributed by atoms with Gasteiger partial charge in [-0.3, -0.25) is 0 Å². The lowest BCUT2D eigenvalue weighted by Gasteiger charge is -2.12. The maximum absolute atomic E-state index is 6.21. The quantitative estimate of drug-likeness (QED) is 0.322. The van der Waals surface area contributed by atoms with Gasteiger partial charge in [-0.2, -0.15) is 0 Å². The summed E-state index contributed by atoms with van der Waals surface area (Å²) in [6.07, 6.45) is 0.839. The summed E-state index contributed by atoms with van der Waals surface area (Å²) in [5.41, 5.74) is 2.03. The summed E-state index contributed by atoms with van der Waals surface area (Å²) in [5, 5.41) is 0.591. The summed E-state index contributed by atoms with van der Waals surface area (Å²) in [6.45, 7) is 1.72. The molecular weight excluding hydrogens is 400 g/mol. The minimum atomic E-state index is 0.345. The molecule has 5 nitrogen and oxygen atoms in total. The first-order valence-electron chi connectivity index (χ1n) is 9.83. The van der Waals surface area contributed by atoms with Crippen molar-refractivity contribution in [3.05, 3.63) is 83.6 Å². The Hall–Kier alpha value is -3.18. The fourth-order valence-electron chi connectivity index (χ4n) is 3.27. The molecule has 3 aromatic carbocycles. The van der Waals surface area contributed by atoms with Gasteiger partial charge in [-0.1, -0.05) is 35.9 Å². The molecule has 0 saturated heterocycles. The first kappa shape index (κ1) is 20.1. The molecule has 0 aliphatic heterocycles. The van der Waals surface area contributed by atoms with Crippen molar-refractivity contribution in [1.82, 2.24) is 9.55 Å². The van der Waals surface area contributed by atoms with Gasteiger partial charge in [-0.15, -0.1) is 0 Å². The molecule has 0 amide bonds. The van der Waals surface area contributed by atoms with E-state index in [9.17, 15) is 0 Å². The van der Waals surface area contributed by atoms with Crippen molar-refractivity contribution in [2.24, 2.45) is 0 Å². The van der Waals surface area contributed by atoms with E-state index in [-0.39, 0.29) is 0 Å². The summed E-state index contributed by atoms with van der Waals surface area (Å²) in [4.78, 5) is 4.75. The van der Waals surface area contributed by atoms with Crippen molar-refractivity contribution >= 4 is 22.6 Å². The molecule has 0 N–H and O–H groups in total. The Kier molecular flexibility index (Phi) is 6.40. The Morgan fingerprint density at radius 2 is 1.60 bits per heavy atom. The fraction of sp³-hybridized carbons (Fsp3) is 0.208. The summed E-state index contributed by atoms with van der Waals surface area (Å²) in [7, 11) is 1.65. The maximum Gasteiger partial charge on any atom is 0.148 e. The van der Waals surface area contributed by atoms with Crippen molar-refractivity contribution < 1.29 is 14.2 Å². The lowest BCUT2D eigenvalue weighted by Crippen LogP contribution is -2.10. The highest BCUT2D eigenvalue weighted by molar-refractivity contribution is 6.32. The van der Waals surface area contributed by atoms with E-state index < -0.39 is 0 Å². The highest BCUT2D eigenvalue weighted by atomic mass is 35.5. The Balaban J connectivity index is 1.42. The van der Waals surface area contributed by atoms with Gasteiger partial charge in [-0.05, 0) is 55.0 Å². The lowest BCUT2D eigenvalue weighted by molar-refractivity contribution is 0.280. The third kappa shape index (κ3) is 4.69. The molecule has 4 aromatic rings. The third-order valence-corrected chi connectivity index (χ3v) is 5.09. The number of methoxy groups -OCH3 is 1. The van der Waals surface area contributed by atoms with E-state index in [1.165, 1.54) is 0 Å². The molecule has 1 heterocycles. The summed E-state index contributed by atoms with van der Waals surface area (Å²) in [5.74, 6) is 3.16. The highest BCUT2D eigenvalue weighted by Gasteiger charge is 2.12. The zero-order valence-corrected chi connectivity index (χ0v) is 17.5. The second-order valence-corrected chi connectivity index (χ2v) is 7.17. The molecule has 0 fully saturated rings. The minimum absolute atomic E-state index is 0.345. The van der Waals surface area contributed by atoms with Gasteiger partial charge in [0.1, 0.15) is 29.7 Å². The summed E-state index contributed by atoms with van der Waals surface area (Å²) in [6, 6.07) is 23.2. The van der Waals surface area contributed by atoms with E-state index >= 15 is 0 Å². The van der Waals surface area contributed by atoms with Crippen LogP contribution in [0, 0.1) is 0 Å². The Morgan fingerprint density at radius 1 is 0.867 bits per heavy atom. The van der Waals surface area contributed by atoms with Gasteiger partial charge in [0, 0.05) is 6.54 Å². The number of benzene rings is 3. The van der Waals surface area contributed by atoms with Gasteiger partial charge in [0.15, 0.2) is 0 Å². The van der Waals surface area contributed by atoms with Crippen LogP contribution in [-0.2, 0) is 13.2 Å². The van der Waals surface area contributed by atoms with Crippen LogP contribution in [0.25, 0.3) is 11.0 Å². The molecule has 0 radical (unpaired) electrons. The number of aryl methyl sites for hydroxylation is 1. The number of rotatable bonds is 9. The lowest BCUT2D eigenvalue weighted by atomic mass is 10.3. The predicted octanol–water partition coefficient (Wildman–Crippen LogP) is 5.75. The fourth-order valence-corrected chi connectivity index (χ4v) is 3.46. The van der Waals surface area contributed by atoms with Crippen LogP contribution in [-0.4, -0.2) is 23.3 Å². The van der Waals surface area contributed by atoms with Gasteiger partial charge in [-0.25, -0.2) is 4.98 Å². The number of nitrogens with zero attached hydrogens (tertiary/aromatic N) is 2. The maximum atomic E-state index is 6.21. The Morgan fingerprint density at radius 3 is 2.40 bits per heavy atom. The molecular formula is C24H23ClN2O3. The normalized spacial score (nSPS) is 10.9. The van der Waals surface area contributed by atoms with Gasteiger partial charge < -0.3 is 18.8 Å². The topological polar surface area (TPSA) is 45.5 Å². The third-order valence-electron chi connectivity index (χ3n) is 4.78. The largest absolute Gasteiger partial charge is 0.497 e. The molecule has 0 unspecified atom stereocenters. The van der Waals surface area contributed by atoms with Crippen LogP contribution in [0.1, 0.15) is 12.2 Å². The van der Waals surface area contributed by atoms with E-state index in [0.29, 0.717) is 24.0 Å². The monoisotopic (exact) mass is 422 g/mol. The molecule has 0 saturated carbocycles. The highest BCUT2D eigenvalue weighted by Crippen LogP contribution is 2.25. The SMILES string of the molecule is COc1ccc(OCCCn2c(COc3ccccc3Cl)nc3ccccc32)cc1. The molecule has 154 valence electrons. The first-order valence-corrected chi connectivity index (χ1v) is 10.2. The van der Waals surface area contributed by atoms with E-state index in [1.54, 1.807) is 7.11 Å². The predicted molar refractivity (Wildman–Crippen MR) is 119 cm³/mol. The molecule has 0 aliphatic carbocycles. The molecule has 0 spiro atoms. The van der Waals surface area contributed by atoms with E-state index in [1.807, 2.05) is 66.7 Å². The zero-order valence-electron chi connectivity index (χ0n) is 16.8. The smallest absolute Gasteiger partial charge is 0.148 e. The van der Waals surface area contributed by atoms with Crippen molar-refractivity contribution in [1.29, 1.82) is 0 Å². The van der Waals surface area contributed by atoms with Gasteiger partial charge in [0.2, 0.25) is 0 Å². The van der Waals surface area contributed by atoms with Gasteiger partial charge >= 0.3 is 0 Å². The molecule has 1 aromatic heterocycles. The van der Waals surface area contributed by atoms with Crippen molar-refractivity contribution in [2.45, 2.75) is 19.6 Å². The molecule has 0 bridgehead atoms. The Labute approximate surface area is 180 Å². The average molecular weight is 423 g/mol. The Bertz CT molecular complexity index is 1110. The number of hydrogen-bond donors (Lipinski definition) is 0. The van der Waals surface area contributed by atoms with Crippen LogP contribution in [0.15, 0.2) is 72.8 Å². The molecule has 0 atom stereocenters. The van der Waals surface area contributed by atoms with Crippen LogP contribution >= 0.6 is 11.6 Å². The molecule has 30 heavy (non-hydrogen) atoms. The summed E-state index contributed by atoms with van der Waals surface area (Å²) >= 11 is 6.21. The van der Waals surface area contributed by atoms with E-state index in [2.05, 4.69) is 10.6 Å². The molecule has 4 rings (SSSR count). The van der Waals surface area contributed by atoms with E-state index in [0.717, 1.165) is 41.3 Å². The summed E-state index contributed by atoms with van der Waals surface area (Å²) < 4.78 is 19.2. The zero-order chi connectivity index (χ0) is 20.8. The van der Waals surface area contributed by atoms with Crippen LogP contribution in [0.4, 0.5) is 0 Å². The second kappa shape index (κ2) is 9.55.